The molecule has 1 heterocycles. The normalized spacial score (nSPS) is 12.0. The number of rotatable bonds is 2. The van der Waals surface area contributed by atoms with Crippen LogP contribution in [0.2, 0.25) is 0 Å². The van der Waals surface area contributed by atoms with Crippen molar-refractivity contribution in [3.63, 3.8) is 0 Å². The first-order valence-electron chi connectivity index (χ1n) is 7.99. The Morgan fingerprint density at radius 3 is 2.08 bits per heavy atom. The average Bonchev–Trinajstić information content (AvgIpc) is 2.92. The third-order valence-electron chi connectivity index (χ3n) is 4.66. The summed E-state index contributed by atoms with van der Waals surface area (Å²) in [6.45, 7) is 1.36. The van der Waals surface area contributed by atoms with Gasteiger partial charge in [-0.05, 0) is 12.5 Å². The van der Waals surface area contributed by atoms with Gasteiger partial charge in [-0.15, -0.1) is 0 Å². The third kappa shape index (κ3) is 2.04. The summed E-state index contributed by atoms with van der Waals surface area (Å²) in [6.07, 6.45) is 0. The third-order valence-corrected chi connectivity index (χ3v) is 4.66. The van der Waals surface area contributed by atoms with Gasteiger partial charge in [0.25, 0.3) is 5.56 Å². The molecular formula is C21H15NO3. The molecule has 1 aliphatic rings. The Balaban J connectivity index is 2.23. The zero-order valence-electron chi connectivity index (χ0n) is 13.9. The molecule has 1 aromatic heterocycles. The predicted molar refractivity (Wildman–Crippen MR) is 96.0 cm³/mol. The van der Waals surface area contributed by atoms with E-state index >= 15 is 0 Å². The van der Waals surface area contributed by atoms with Crippen LogP contribution >= 0.6 is 0 Å². The van der Waals surface area contributed by atoms with E-state index < -0.39 is 0 Å². The fourth-order valence-corrected chi connectivity index (χ4v) is 3.57. The molecule has 4 rings (SSSR count). The number of Topliss-reactive ketones (excluding diaryl/α,β-unsaturated/α-hetero) is 1. The molecule has 122 valence electrons. The van der Waals surface area contributed by atoms with Crippen LogP contribution in [-0.4, -0.2) is 16.1 Å². The van der Waals surface area contributed by atoms with Gasteiger partial charge >= 0.3 is 0 Å². The van der Waals surface area contributed by atoms with Crippen molar-refractivity contribution in [3.05, 3.63) is 81.6 Å². The van der Waals surface area contributed by atoms with Crippen molar-refractivity contribution in [2.45, 2.75) is 6.92 Å². The van der Waals surface area contributed by atoms with E-state index in [0.29, 0.717) is 27.9 Å². The van der Waals surface area contributed by atoms with Gasteiger partial charge in [-0.2, -0.15) is 0 Å². The fraction of sp³-hybridized carbons (Fsp3) is 0.0952. The van der Waals surface area contributed by atoms with Gasteiger partial charge in [-0.3, -0.25) is 14.4 Å². The minimum absolute atomic E-state index is 0.0635. The number of hydrogen-bond acceptors (Lipinski definition) is 3. The lowest BCUT2D eigenvalue weighted by molar-refractivity contribution is 0.101. The molecule has 1 aliphatic carbocycles. The first-order chi connectivity index (χ1) is 12.0. The van der Waals surface area contributed by atoms with Crippen LogP contribution in [0.15, 0.2) is 59.4 Å². The maximum absolute atomic E-state index is 13.1. The molecule has 2 aromatic carbocycles. The first kappa shape index (κ1) is 15.3. The standard InChI is InChI=1S/C21H15NO3/c1-12(23)16-17(13-8-4-3-5-9-13)18-19(22(2)21(16)25)14-10-6-7-11-15(14)20(18)24/h3-11H,1-2H3. The zero-order valence-corrected chi connectivity index (χ0v) is 13.9. The molecule has 25 heavy (non-hydrogen) atoms. The summed E-state index contributed by atoms with van der Waals surface area (Å²) in [5, 5.41) is 0. The summed E-state index contributed by atoms with van der Waals surface area (Å²) in [6, 6.07) is 16.4. The minimum atomic E-state index is -0.380. The second kappa shape index (κ2) is 5.38. The second-order valence-electron chi connectivity index (χ2n) is 6.13. The molecule has 0 saturated carbocycles. The molecule has 0 fully saturated rings. The summed E-state index contributed by atoms with van der Waals surface area (Å²) in [7, 11) is 1.61. The summed E-state index contributed by atoms with van der Waals surface area (Å²) in [4.78, 5) is 38.3. The molecule has 0 saturated heterocycles. The molecule has 0 radical (unpaired) electrons. The van der Waals surface area contributed by atoms with Crippen molar-refractivity contribution in [2.75, 3.05) is 0 Å². The van der Waals surface area contributed by atoms with Crippen LogP contribution in [0.1, 0.15) is 33.2 Å². The highest BCUT2D eigenvalue weighted by molar-refractivity contribution is 6.25. The van der Waals surface area contributed by atoms with E-state index in [1.807, 2.05) is 42.5 Å². The molecule has 0 bridgehead atoms. The summed E-state index contributed by atoms with van der Waals surface area (Å²) in [5.41, 5.74) is 3.12. The first-order valence-corrected chi connectivity index (χ1v) is 7.99. The van der Waals surface area contributed by atoms with E-state index in [9.17, 15) is 14.4 Å². The van der Waals surface area contributed by atoms with Crippen LogP contribution in [0.3, 0.4) is 0 Å². The quantitative estimate of drug-likeness (QED) is 0.529. The van der Waals surface area contributed by atoms with Crippen molar-refractivity contribution < 1.29 is 9.59 Å². The van der Waals surface area contributed by atoms with Crippen molar-refractivity contribution in [1.29, 1.82) is 0 Å². The lowest BCUT2D eigenvalue weighted by atomic mass is 9.92. The van der Waals surface area contributed by atoms with E-state index in [1.54, 1.807) is 19.2 Å². The molecule has 0 spiro atoms. The molecule has 0 aliphatic heterocycles. The molecule has 0 amide bonds. The number of pyridine rings is 1. The molecule has 4 heteroatoms. The van der Waals surface area contributed by atoms with E-state index in [1.165, 1.54) is 11.5 Å². The maximum atomic E-state index is 13.1. The molecule has 4 nitrogen and oxygen atoms in total. The lowest BCUT2D eigenvalue weighted by Gasteiger charge is -2.15. The van der Waals surface area contributed by atoms with E-state index in [-0.39, 0.29) is 22.7 Å². The average molecular weight is 329 g/mol. The van der Waals surface area contributed by atoms with Crippen LogP contribution < -0.4 is 5.56 Å². The largest absolute Gasteiger partial charge is 0.310 e. The lowest BCUT2D eigenvalue weighted by Crippen LogP contribution is -2.27. The predicted octanol–water partition coefficient (Wildman–Crippen LogP) is 3.47. The van der Waals surface area contributed by atoms with Crippen LogP contribution in [0.5, 0.6) is 0 Å². The number of benzene rings is 2. The molecule has 0 unspecified atom stereocenters. The van der Waals surface area contributed by atoms with Gasteiger partial charge in [-0.1, -0.05) is 54.6 Å². The van der Waals surface area contributed by atoms with Crippen molar-refractivity contribution in [1.82, 2.24) is 4.57 Å². The monoisotopic (exact) mass is 329 g/mol. The number of fused-ring (bicyclic) bond motifs is 3. The van der Waals surface area contributed by atoms with Gasteiger partial charge < -0.3 is 4.57 Å². The number of ketones is 2. The Kier molecular flexibility index (Phi) is 3.29. The van der Waals surface area contributed by atoms with E-state index in [4.69, 9.17) is 0 Å². The van der Waals surface area contributed by atoms with Crippen molar-refractivity contribution >= 4 is 11.6 Å². The summed E-state index contributed by atoms with van der Waals surface area (Å²) >= 11 is 0. The van der Waals surface area contributed by atoms with E-state index in [0.717, 1.165) is 5.56 Å². The van der Waals surface area contributed by atoms with E-state index in [2.05, 4.69) is 0 Å². The van der Waals surface area contributed by atoms with Gasteiger partial charge in [0.15, 0.2) is 11.6 Å². The van der Waals surface area contributed by atoms with Gasteiger partial charge in [0.2, 0.25) is 0 Å². The van der Waals surface area contributed by atoms with Gasteiger partial charge in [0.05, 0.1) is 16.8 Å². The highest BCUT2D eigenvalue weighted by Crippen LogP contribution is 2.41. The van der Waals surface area contributed by atoms with Crippen LogP contribution in [-0.2, 0) is 7.05 Å². The Labute approximate surface area is 144 Å². The number of hydrogen-bond donors (Lipinski definition) is 0. The Bertz CT molecular complexity index is 1110. The Hall–Kier alpha value is -3.27. The van der Waals surface area contributed by atoms with Crippen LogP contribution in [0.4, 0.5) is 0 Å². The van der Waals surface area contributed by atoms with Crippen LogP contribution in [0.25, 0.3) is 22.4 Å². The topological polar surface area (TPSA) is 56.1 Å². The highest BCUT2D eigenvalue weighted by Gasteiger charge is 2.35. The SMILES string of the molecule is CC(=O)c1c(-c2ccccc2)c2c(n(C)c1=O)-c1ccccc1C2=O. The number of nitrogens with zero attached hydrogens (tertiary/aromatic N) is 1. The zero-order chi connectivity index (χ0) is 17.7. The maximum Gasteiger partial charge on any atom is 0.262 e. The smallest absolute Gasteiger partial charge is 0.262 e. The second-order valence-corrected chi connectivity index (χ2v) is 6.13. The minimum Gasteiger partial charge on any atom is -0.310 e. The number of aromatic nitrogens is 1. The molecule has 3 aromatic rings. The fourth-order valence-electron chi connectivity index (χ4n) is 3.57. The van der Waals surface area contributed by atoms with Crippen molar-refractivity contribution in [2.24, 2.45) is 7.05 Å². The molecule has 0 atom stereocenters. The Morgan fingerprint density at radius 2 is 1.44 bits per heavy atom. The summed E-state index contributed by atoms with van der Waals surface area (Å²) in [5.74, 6) is -0.492. The van der Waals surface area contributed by atoms with Crippen molar-refractivity contribution in [3.8, 4) is 22.4 Å². The van der Waals surface area contributed by atoms with Gasteiger partial charge in [0.1, 0.15) is 0 Å². The molecular weight excluding hydrogens is 314 g/mol. The van der Waals surface area contributed by atoms with Gasteiger partial charge in [0, 0.05) is 23.7 Å². The highest BCUT2D eigenvalue weighted by atomic mass is 16.1. The summed E-state index contributed by atoms with van der Waals surface area (Å²) < 4.78 is 1.42. The number of carbonyl (C=O) groups excluding carboxylic acids is 2. The molecule has 0 N–H and O–H groups in total. The van der Waals surface area contributed by atoms with Gasteiger partial charge in [-0.25, -0.2) is 0 Å². The Morgan fingerprint density at radius 1 is 0.840 bits per heavy atom. The number of carbonyl (C=O) groups is 2. The van der Waals surface area contributed by atoms with Crippen LogP contribution in [0, 0.1) is 0 Å².